The highest BCUT2D eigenvalue weighted by molar-refractivity contribution is 6.05. The van der Waals surface area contributed by atoms with Crippen LogP contribution >= 0.6 is 0 Å². The molecule has 0 spiro atoms. The number of ether oxygens (including phenoxy) is 3. The largest absolute Gasteiger partial charge is 0.496 e. The number of ketones is 1. The van der Waals surface area contributed by atoms with Gasteiger partial charge < -0.3 is 14.2 Å². The maximum atomic E-state index is 12.2. The van der Waals surface area contributed by atoms with Crippen molar-refractivity contribution in [2.45, 2.75) is 13.5 Å². The number of rotatable bonds is 7. The fourth-order valence-electron chi connectivity index (χ4n) is 2.10. The molecule has 23 heavy (non-hydrogen) atoms. The van der Waals surface area contributed by atoms with E-state index in [1.165, 1.54) is 6.08 Å². The number of hydrogen-bond donors (Lipinski definition) is 0. The van der Waals surface area contributed by atoms with E-state index in [1.54, 1.807) is 56.5 Å². The third kappa shape index (κ3) is 3.71. The van der Waals surface area contributed by atoms with Crippen LogP contribution in [0.3, 0.4) is 0 Å². The SMILES string of the molecule is CCn1ccc(C(=O)/C=C/c2cc(OC)c(OC)cc2OC)n1. The van der Waals surface area contributed by atoms with E-state index in [0.717, 1.165) is 6.54 Å². The van der Waals surface area contributed by atoms with Crippen molar-refractivity contribution < 1.29 is 19.0 Å². The Balaban J connectivity index is 2.28. The maximum absolute atomic E-state index is 12.2. The van der Waals surface area contributed by atoms with E-state index in [4.69, 9.17) is 14.2 Å². The predicted octanol–water partition coefficient (Wildman–Crippen LogP) is 2.82. The number of aromatic nitrogens is 2. The fraction of sp³-hybridized carbons (Fsp3) is 0.294. The monoisotopic (exact) mass is 316 g/mol. The summed E-state index contributed by atoms with van der Waals surface area (Å²) in [7, 11) is 4.67. The molecule has 6 heteroatoms. The number of methoxy groups -OCH3 is 3. The lowest BCUT2D eigenvalue weighted by atomic mass is 10.1. The highest BCUT2D eigenvalue weighted by Crippen LogP contribution is 2.35. The van der Waals surface area contributed by atoms with E-state index in [2.05, 4.69) is 5.10 Å². The van der Waals surface area contributed by atoms with Gasteiger partial charge in [0, 0.05) is 24.4 Å². The molecule has 0 saturated heterocycles. The molecule has 0 radical (unpaired) electrons. The van der Waals surface area contributed by atoms with Crippen molar-refractivity contribution in [2.24, 2.45) is 0 Å². The first kappa shape index (κ1) is 16.6. The molecule has 0 saturated carbocycles. The van der Waals surface area contributed by atoms with Crippen LogP contribution in [-0.2, 0) is 6.54 Å². The van der Waals surface area contributed by atoms with Crippen LogP contribution in [0.15, 0.2) is 30.5 Å². The van der Waals surface area contributed by atoms with Gasteiger partial charge in [-0.15, -0.1) is 0 Å². The van der Waals surface area contributed by atoms with Crippen molar-refractivity contribution in [1.29, 1.82) is 0 Å². The van der Waals surface area contributed by atoms with Crippen molar-refractivity contribution in [1.82, 2.24) is 9.78 Å². The number of hydrogen-bond acceptors (Lipinski definition) is 5. The average molecular weight is 316 g/mol. The van der Waals surface area contributed by atoms with Crippen molar-refractivity contribution in [2.75, 3.05) is 21.3 Å². The molecule has 0 fully saturated rings. The maximum Gasteiger partial charge on any atom is 0.206 e. The normalized spacial score (nSPS) is 10.8. The van der Waals surface area contributed by atoms with Crippen LogP contribution in [-0.4, -0.2) is 36.9 Å². The van der Waals surface area contributed by atoms with Crippen LogP contribution in [0.2, 0.25) is 0 Å². The van der Waals surface area contributed by atoms with E-state index < -0.39 is 0 Å². The molecule has 0 atom stereocenters. The molecule has 122 valence electrons. The number of nitrogens with zero attached hydrogens (tertiary/aromatic N) is 2. The summed E-state index contributed by atoms with van der Waals surface area (Å²) in [5.41, 5.74) is 1.12. The lowest BCUT2D eigenvalue weighted by Crippen LogP contribution is -2.00. The minimum absolute atomic E-state index is 0.172. The molecule has 6 nitrogen and oxygen atoms in total. The summed E-state index contributed by atoms with van der Waals surface area (Å²) < 4.78 is 17.5. The molecular formula is C17H20N2O4. The number of carbonyl (C=O) groups excluding carboxylic acids is 1. The Kier molecular flexibility index (Phi) is 5.41. The fourth-order valence-corrected chi connectivity index (χ4v) is 2.10. The first-order chi connectivity index (χ1) is 11.1. The van der Waals surface area contributed by atoms with Gasteiger partial charge in [0.05, 0.1) is 21.3 Å². The lowest BCUT2D eigenvalue weighted by Gasteiger charge is -2.12. The first-order valence-corrected chi connectivity index (χ1v) is 7.18. The van der Waals surface area contributed by atoms with Gasteiger partial charge in [0.1, 0.15) is 11.4 Å². The van der Waals surface area contributed by atoms with E-state index in [-0.39, 0.29) is 5.78 Å². The van der Waals surface area contributed by atoms with Crippen molar-refractivity contribution in [3.63, 3.8) is 0 Å². The molecule has 1 aromatic heterocycles. The van der Waals surface area contributed by atoms with Crippen molar-refractivity contribution in [3.05, 3.63) is 41.7 Å². The Labute approximate surface area is 135 Å². The summed E-state index contributed by atoms with van der Waals surface area (Å²) in [4.78, 5) is 12.2. The van der Waals surface area contributed by atoms with Crippen molar-refractivity contribution >= 4 is 11.9 Å². The molecule has 1 heterocycles. The second-order valence-electron chi connectivity index (χ2n) is 4.70. The molecule has 0 unspecified atom stereocenters. The number of aryl methyl sites for hydroxylation is 1. The molecular weight excluding hydrogens is 296 g/mol. The molecule has 0 amide bonds. The zero-order valence-electron chi connectivity index (χ0n) is 13.7. The van der Waals surface area contributed by atoms with Gasteiger partial charge in [-0.2, -0.15) is 5.10 Å². The minimum Gasteiger partial charge on any atom is -0.496 e. The smallest absolute Gasteiger partial charge is 0.206 e. The molecule has 0 bridgehead atoms. The Hall–Kier alpha value is -2.76. The molecule has 0 aliphatic carbocycles. The van der Waals surface area contributed by atoms with Crippen LogP contribution < -0.4 is 14.2 Å². The standard InChI is InChI=1S/C17H20N2O4/c1-5-19-9-8-13(18-19)14(20)7-6-12-10-16(22-3)17(23-4)11-15(12)21-2/h6-11H,5H2,1-4H3/b7-6+. The van der Waals surface area contributed by atoms with E-state index in [9.17, 15) is 4.79 Å². The zero-order valence-corrected chi connectivity index (χ0v) is 13.7. The third-order valence-electron chi connectivity index (χ3n) is 3.37. The second kappa shape index (κ2) is 7.49. The van der Waals surface area contributed by atoms with Gasteiger partial charge in [0.25, 0.3) is 0 Å². The third-order valence-corrected chi connectivity index (χ3v) is 3.37. The Morgan fingerprint density at radius 2 is 1.78 bits per heavy atom. The molecule has 0 aliphatic heterocycles. The van der Waals surface area contributed by atoms with Gasteiger partial charge >= 0.3 is 0 Å². The van der Waals surface area contributed by atoms with Gasteiger partial charge in [-0.25, -0.2) is 0 Å². The van der Waals surface area contributed by atoms with E-state index in [0.29, 0.717) is 28.5 Å². The highest BCUT2D eigenvalue weighted by atomic mass is 16.5. The Morgan fingerprint density at radius 1 is 1.13 bits per heavy atom. The number of carbonyl (C=O) groups is 1. The number of benzene rings is 1. The van der Waals surface area contributed by atoms with Crippen LogP contribution in [0.4, 0.5) is 0 Å². The van der Waals surface area contributed by atoms with Crippen LogP contribution in [0.25, 0.3) is 6.08 Å². The van der Waals surface area contributed by atoms with Crippen LogP contribution in [0.5, 0.6) is 17.2 Å². The minimum atomic E-state index is -0.172. The molecule has 0 N–H and O–H groups in total. The summed E-state index contributed by atoms with van der Waals surface area (Å²) in [6.45, 7) is 2.69. The van der Waals surface area contributed by atoms with E-state index in [1.807, 2.05) is 6.92 Å². The summed E-state index contributed by atoms with van der Waals surface area (Å²) in [6, 6.07) is 5.17. The van der Waals surface area contributed by atoms with Crippen molar-refractivity contribution in [3.8, 4) is 17.2 Å². The summed E-state index contributed by atoms with van der Waals surface area (Å²) in [5.74, 6) is 1.55. The summed E-state index contributed by atoms with van der Waals surface area (Å²) >= 11 is 0. The lowest BCUT2D eigenvalue weighted by molar-refractivity contribution is 0.104. The quantitative estimate of drug-likeness (QED) is 0.580. The Bertz CT molecular complexity index is 719. The topological polar surface area (TPSA) is 62.6 Å². The van der Waals surface area contributed by atoms with Gasteiger partial charge in [-0.05, 0) is 31.2 Å². The molecule has 2 rings (SSSR count). The molecule has 2 aromatic rings. The highest BCUT2D eigenvalue weighted by Gasteiger charge is 2.11. The van der Waals surface area contributed by atoms with Crippen LogP contribution in [0.1, 0.15) is 23.0 Å². The van der Waals surface area contributed by atoms with Crippen LogP contribution in [0, 0.1) is 0 Å². The summed E-state index contributed by atoms with van der Waals surface area (Å²) in [5, 5.41) is 4.18. The van der Waals surface area contributed by atoms with E-state index >= 15 is 0 Å². The molecule has 0 aliphatic rings. The Morgan fingerprint density at radius 3 is 2.35 bits per heavy atom. The predicted molar refractivity (Wildman–Crippen MR) is 87.4 cm³/mol. The summed E-state index contributed by atoms with van der Waals surface area (Å²) in [6.07, 6.45) is 4.91. The zero-order chi connectivity index (χ0) is 16.8. The van der Waals surface area contributed by atoms with Gasteiger partial charge in [0.2, 0.25) is 5.78 Å². The van der Waals surface area contributed by atoms with Gasteiger partial charge in [-0.1, -0.05) is 0 Å². The number of allylic oxidation sites excluding steroid dienone is 1. The average Bonchev–Trinajstić information content (AvgIpc) is 3.07. The first-order valence-electron chi connectivity index (χ1n) is 7.18. The second-order valence-corrected chi connectivity index (χ2v) is 4.70. The molecule has 1 aromatic carbocycles. The van der Waals surface area contributed by atoms with Gasteiger partial charge in [-0.3, -0.25) is 9.48 Å². The van der Waals surface area contributed by atoms with Gasteiger partial charge in [0.15, 0.2) is 11.5 Å².